The Kier molecular flexibility index (Phi) is 3.95. The summed E-state index contributed by atoms with van der Waals surface area (Å²) in [7, 11) is 1.51. The van der Waals surface area contributed by atoms with E-state index in [1.165, 1.54) is 19.2 Å². The van der Waals surface area contributed by atoms with Crippen LogP contribution in [0.2, 0.25) is 0 Å². The highest BCUT2D eigenvalue weighted by molar-refractivity contribution is 5.97. The molecular formula is C14H19NO4. The first-order valence-corrected chi connectivity index (χ1v) is 6.36. The number of aromatic hydroxyl groups is 1. The van der Waals surface area contributed by atoms with E-state index in [-0.39, 0.29) is 29.2 Å². The summed E-state index contributed by atoms with van der Waals surface area (Å²) < 4.78 is 5.03. The largest absolute Gasteiger partial charge is 0.507 e. The molecule has 0 radical (unpaired) electrons. The Morgan fingerprint density at radius 2 is 2.21 bits per heavy atom. The van der Waals surface area contributed by atoms with Crippen LogP contribution in [0.3, 0.4) is 0 Å². The molecule has 0 spiro atoms. The molecule has 1 aliphatic rings. The number of carbonyl (C=O) groups excluding carboxylic acids is 1. The molecule has 1 saturated carbocycles. The zero-order valence-corrected chi connectivity index (χ0v) is 11.0. The van der Waals surface area contributed by atoms with Gasteiger partial charge in [-0.15, -0.1) is 0 Å². The lowest BCUT2D eigenvalue weighted by Gasteiger charge is -2.15. The van der Waals surface area contributed by atoms with E-state index in [0.717, 1.165) is 12.8 Å². The fraction of sp³-hybridized carbons (Fsp3) is 0.500. The summed E-state index contributed by atoms with van der Waals surface area (Å²) >= 11 is 0. The molecule has 3 N–H and O–H groups in total. The van der Waals surface area contributed by atoms with Gasteiger partial charge in [0.15, 0.2) is 0 Å². The van der Waals surface area contributed by atoms with Crippen molar-refractivity contribution >= 4 is 5.91 Å². The third-order valence-corrected chi connectivity index (χ3v) is 3.67. The number of hydrogen-bond acceptors (Lipinski definition) is 4. The van der Waals surface area contributed by atoms with Gasteiger partial charge in [0.25, 0.3) is 5.91 Å². The van der Waals surface area contributed by atoms with E-state index in [4.69, 9.17) is 9.84 Å². The third-order valence-electron chi connectivity index (χ3n) is 3.67. The minimum Gasteiger partial charge on any atom is -0.507 e. The monoisotopic (exact) mass is 265 g/mol. The minimum absolute atomic E-state index is 0.0545. The van der Waals surface area contributed by atoms with Crippen LogP contribution in [0.1, 0.15) is 29.6 Å². The van der Waals surface area contributed by atoms with Gasteiger partial charge in [-0.05, 0) is 42.9 Å². The van der Waals surface area contributed by atoms with Gasteiger partial charge < -0.3 is 20.3 Å². The summed E-state index contributed by atoms with van der Waals surface area (Å²) in [5, 5.41) is 21.5. The Morgan fingerprint density at radius 3 is 2.79 bits per heavy atom. The van der Waals surface area contributed by atoms with E-state index in [1.54, 1.807) is 6.07 Å². The zero-order valence-electron chi connectivity index (χ0n) is 11.0. The van der Waals surface area contributed by atoms with Crippen LogP contribution < -0.4 is 10.1 Å². The van der Waals surface area contributed by atoms with Gasteiger partial charge >= 0.3 is 0 Å². The minimum atomic E-state index is -0.319. The van der Waals surface area contributed by atoms with Crippen molar-refractivity contribution in [3.8, 4) is 11.5 Å². The molecule has 104 valence electrons. The first kappa shape index (κ1) is 13.7. The Morgan fingerprint density at radius 1 is 1.47 bits per heavy atom. The second-order valence-corrected chi connectivity index (χ2v) is 5.04. The lowest BCUT2D eigenvalue weighted by atomic mass is 10.0. The molecule has 1 aromatic carbocycles. The number of carbonyl (C=O) groups is 1. The number of amides is 1. The number of phenolic OH excluding ortho intramolecular Hbond substituents is 1. The van der Waals surface area contributed by atoms with Crippen molar-refractivity contribution in [2.45, 2.75) is 19.3 Å². The number of aliphatic hydroxyl groups excluding tert-OH is 1. The SMILES string of the molecule is COc1ccc(O)c(C(=O)NCC2(CCO)CC2)c1. The Bertz CT molecular complexity index is 469. The summed E-state index contributed by atoms with van der Waals surface area (Å²) in [5.74, 6) is 0.144. The summed E-state index contributed by atoms with van der Waals surface area (Å²) in [4.78, 5) is 12.0. The lowest BCUT2D eigenvalue weighted by molar-refractivity contribution is 0.0937. The maximum atomic E-state index is 12.0. The fourth-order valence-electron chi connectivity index (χ4n) is 2.12. The standard InChI is InChI=1S/C14H19NO4/c1-19-10-2-3-12(17)11(8-10)13(18)15-9-14(4-5-14)6-7-16/h2-3,8,16-17H,4-7,9H2,1H3,(H,15,18). The molecule has 0 heterocycles. The first-order valence-electron chi connectivity index (χ1n) is 6.36. The van der Waals surface area contributed by atoms with Gasteiger partial charge in [-0.3, -0.25) is 4.79 Å². The molecule has 1 aliphatic carbocycles. The fourth-order valence-corrected chi connectivity index (χ4v) is 2.12. The quantitative estimate of drug-likeness (QED) is 0.724. The van der Waals surface area contributed by atoms with Crippen LogP contribution >= 0.6 is 0 Å². The number of rotatable bonds is 6. The molecule has 1 aromatic rings. The average Bonchev–Trinajstić information content (AvgIpc) is 3.17. The van der Waals surface area contributed by atoms with Crippen LogP contribution in [0, 0.1) is 5.41 Å². The van der Waals surface area contributed by atoms with Crippen LogP contribution in [0.25, 0.3) is 0 Å². The van der Waals surface area contributed by atoms with Crippen molar-refractivity contribution in [2.24, 2.45) is 5.41 Å². The number of ether oxygens (including phenoxy) is 1. The average molecular weight is 265 g/mol. The van der Waals surface area contributed by atoms with Gasteiger partial charge in [0.2, 0.25) is 0 Å². The lowest BCUT2D eigenvalue weighted by Crippen LogP contribution is -2.30. The molecule has 0 atom stereocenters. The Balaban J connectivity index is 2.00. The zero-order chi connectivity index (χ0) is 13.9. The highest BCUT2D eigenvalue weighted by Crippen LogP contribution is 2.47. The molecule has 5 nitrogen and oxygen atoms in total. The number of hydrogen-bond donors (Lipinski definition) is 3. The maximum Gasteiger partial charge on any atom is 0.255 e. The molecular weight excluding hydrogens is 246 g/mol. The molecule has 2 rings (SSSR count). The topological polar surface area (TPSA) is 78.8 Å². The van der Waals surface area contributed by atoms with Crippen LogP contribution in [-0.4, -0.2) is 36.4 Å². The van der Waals surface area contributed by atoms with E-state index in [9.17, 15) is 9.90 Å². The summed E-state index contributed by atoms with van der Waals surface area (Å²) in [6.45, 7) is 0.670. The third kappa shape index (κ3) is 3.17. The van der Waals surface area contributed by atoms with Crippen molar-refractivity contribution in [3.63, 3.8) is 0 Å². The predicted molar refractivity (Wildman–Crippen MR) is 70.4 cm³/mol. The van der Waals surface area contributed by atoms with Gasteiger partial charge in [0.05, 0.1) is 12.7 Å². The Hall–Kier alpha value is -1.75. The van der Waals surface area contributed by atoms with Crippen LogP contribution in [0.4, 0.5) is 0 Å². The molecule has 1 amide bonds. The van der Waals surface area contributed by atoms with Gasteiger partial charge in [0, 0.05) is 13.2 Å². The van der Waals surface area contributed by atoms with E-state index in [1.807, 2.05) is 0 Å². The number of methoxy groups -OCH3 is 1. The molecule has 0 bridgehead atoms. The van der Waals surface area contributed by atoms with Crippen LogP contribution in [0.5, 0.6) is 11.5 Å². The van der Waals surface area contributed by atoms with Crippen LogP contribution in [-0.2, 0) is 0 Å². The normalized spacial score (nSPS) is 15.9. The first-order chi connectivity index (χ1) is 9.10. The van der Waals surface area contributed by atoms with Crippen molar-refractivity contribution in [3.05, 3.63) is 23.8 Å². The van der Waals surface area contributed by atoms with E-state index < -0.39 is 0 Å². The summed E-state index contributed by atoms with van der Waals surface area (Å²) in [6.07, 6.45) is 2.76. The van der Waals surface area contributed by atoms with Crippen molar-refractivity contribution < 1.29 is 19.7 Å². The summed E-state index contributed by atoms with van der Waals surface area (Å²) in [5.41, 5.74) is 0.262. The molecule has 1 fully saturated rings. The van der Waals surface area contributed by atoms with Crippen molar-refractivity contribution in [1.82, 2.24) is 5.32 Å². The molecule has 19 heavy (non-hydrogen) atoms. The van der Waals surface area contributed by atoms with E-state index >= 15 is 0 Å². The van der Waals surface area contributed by atoms with Crippen molar-refractivity contribution in [1.29, 1.82) is 0 Å². The van der Waals surface area contributed by atoms with Crippen LogP contribution in [0.15, 0.2) is 18.2 Å². The molecule has 0 aliphatic heterocycles. The number of aliphatic hydroxyl groups is 1. The van der Waals surface area contributed by atoms with Gasteiger partial charge in [-0.1, -0.05) is 0 Å². The maximum absolute atomic E-state index is 12.0. The number of phenols is 1. The molecule has 5 heteroatoms. The second kappa shape index (κ2) is 5.48. The predicted octanol–water partition coefficient (Wildman–Crippen LogP) is 1.29. The van der Waals surface area contributed by atoms with Gasteiger partial charge in [-0.2, -0.15) is 0 Å². The van der Waals surface area contributed by atoms with E-state index in [2.05, 4.69) is 5.32 Å². The smallest absolute Gasteiger partial charge is 0.255 e. The number of benzene rings is 1. The van der Waals surface area contributed by atoms with Gasteiger partial charge in [0.1, 0.15) is 11.5 Å². The molecule has 0 aromatic heterocycles. The Labute approximate surface area is 112 Å². The van der Waals surface area contributed by atoms with Gasteiger partial charge in [-0.25, -0.2) is 0 Å². The molecule has 0 saturated heterocycles. The van der Waals surface area contributed by atoms with E-state index in [0.29, 0.717) is 18.7 Å². The van der Waals surface area contributed by atoms with Crippen molar-refractivity contribution in [2.75, 3.05) is 20.3 Å². The highest BCUT2D eigenvalue weighted by Gasteiger charge is 2.41. The number of nitrogens with one attached hydrogen (secondary N) is 1. The highest BCUT2D eigenvalue weighted by atomic mass is 16.5. The summed E-state index contributed by atoms with van der Waals surface area (Å²) in [6, 6.07) is 4.55. The molecule has 0 unspecified atom stereocenters. The second-order valence-electron chi connectivity index (χ2n) is 5.04.